The number of fused-ring (bicyclic) bond motifs is 2. The number of aromatic nitrogens is 2. The zero-order valence-electron chi connectivity index (χ0n) is 7.06. The minimum atomic E-state index is -0.180. The zero-order valence-corrected chi connectivity index (χ0v) is 7.06. The van der Waals surface area contributed by atoms with E-state index in [1.54, 1.807) is 18.3 Å². The molecule has 0 spiro atoms. The number of nitrogens with one attached hydrogen (secondary N) is 1. The van der Waals surface area contributed by atoms with Crippen LogP contribution in [0.15, 0.2) is 24.7 Å². The molecule has 0 saturated carbocycles. The Morgan fingerprint density at radius 2 is 2.21 bits per heavy atom. The summed E-state index contributed by atoms with van der Waals surface area (Å²) < 4.78 is 0. The lowest BCUT2D eigenvalue weighted by atomic mass is 10.1. The van der Waals surface area contributed by atoms with Crippen LogP contribution in [0.5, 0.6) is 0 Å². The third kappa shape index (κ3) is 0.861. The van der Waals surface area contributed by atoms with Crippen LogP contribution in [0.3, 0.4) is 0 Å². The van der Waals surface area contributed by atoms with Gasteiger partial charge in [-0.2, -0.15) is 5.43 Å². The Kier molecular flexibility index (Phi) is 1.25. The van der Waals surface area contributed by atoms with E-state index < -0.39 is 0 Å². The number of rotatable bonds is 0. The molecule has 1 aliphatic heterocycles. The van der Waals surface area contributed by atoms with Crippen molar-refractivity contribution in [1.29, 1.82) is 0 Å². The molecule has 0 saturated heterocycles. The first kappa shape index (κ1) is 7.25. The predicted octanol–water partition coefficient (Wildman–Crippen LogP) is 0.524. The van der Waals surface area contributed by atoms with E-state index in [9.17, 15) is 4.79 Å². The quantitative estimate of drug-likeness (QED) is 0.650. The molecule has 1 radical (unpaired) electrons. The molecule has 5 nitrogen and oxygen atoms in total. The van der Waals surface area contributed by atoms with Crippen molar-refractivity contribution in [3.63, 3.8) is 0 Å². The first-order valence-corrected chi connectivity index (χ1v) is 4.09. The first-order valence-electron chi connectivity index (χ1n) is 4.09. The van der Waals surface area contributed by atoms with Crippen molar-refractivity contribution in [2.24, 2.45) is 0 Å². The van der Waals surface area contributed by atoms with Crippen molar-refractivity contribution < 1.29 is 4.79 Å². The third-order valence-electron chi connectivity index (χ3n) is 2.14. The molecular formula is C9H5N4O. The number of benzene rings is 1. The maximum absolute atomic E-state index is 11.3. The summed E-state index contributed by atoms with van der Waals surface area (Å²) in [5.41, 5.74) is 8.24. The van der Waals surface area contributed by atoms with Gasteiger partial charge in [-0.25, -0.2) is 15.4 Å². The Labute approximate surface area is 79.1 Å². The smallest absolute Gasteiger partial charge is 0.267 e. The standard InChI is InChI=1S/C9H5N4O/c14-9-6-2-7-5(3-10-4-11-7)1-8(6)12-13-9/h1-4H,(H,13,14). The lowest BCUT2D eigenvalue weighted by Gasteiger charge is -1.97. The summed E-state index contributed by atoms with van der Waals surface area (Å²) >= 11 is 0. The van der Waals surface area contributed by atoms with Gasteiger partial charge in [-0.1, -0.05) is 0 Å². The van der Waals surface area contributed by atoms with E-state index in [0.717, 1.165) is 10.9 Å². The highest BCUT2D eigenvalue weighted by molar-refractivity contribution is 6.05. The summed E-state index contributed by atoms with van der Waals surface area (Å²) in [6.07, 6.45) is 3.15. The van der Waals surface area contributed by atoms with Crippen LogP contribution in [0.25, 0.3) is 10.9 Å². The summed E-state index contributed by atoms with van der Waals surface area (Å²) in [5, 5.41) is 0.881. The van der Waals surface area contributed by atoms with Crippen molar-refractivity contribution in [2.75, 3.05) is 0 Å². The van der Waals surface area contributed by atoms with E-state index in [4.69, 9.17) is 0 Å². The highest BCUT2D eigenvalue weighted by Gasteiger charge is 2.20. The molecule has 0 fully saturated rings. The van der Waals surface area contributed by atoms with Gasteiger partial charge >= 0.3 is 0 Å². The Hall–Kier alpha value is -2.17. The fourth-order valence-corrected chi connectivity index (χ4v) is 1.46. The number of nitrogens with zero attached hydrogens (tertiary/aromatic N) is 3. The minimum absolute atomic E-state index is 0.180. The Bertz CT molecular complexity index is 537. The molecular weight excluding hydrogens is 180 g/mol. The van der Waals surface area contributed by atoms with Crippen molar-refractivity contribution in [3.05, 3.63) is 30.2 Å². The van der Waals surface area contributed by atoms with Gasteiger partial charge in [0.25, 0.3) is 5.91 Å². The van der Waals surface area contributed by atoms with E-state index in [1.807, 2.05) is 0 Å². The molecule has 1 amide bonds. The minimum Gasteiger partial charge on any atom is -0.267 e. The average Bonchev–Trinajstić information content (AvgIpc) is 2.57. The van der Waals surface area contributed by atoms with Gasteiger partial charge in [0.2, 0.25) is 0 Å². The summed E-state index contributed by atoms with van der Waals surface area (Å²) in [6, 6.07) is 3.51. The SMILES string of the molecule is O=C1N[N]c2cc3cncnc3cc21. The van der Waals surface area contributed by atoms with Gasteiger partial charge in [0, 0.05) is 11.6 Å². The fraction of sp³-hybridized carbons (Fsp3) is 0. The van der Waals surface area contributed by atoms with E-state index in [2.05, 4.69) is 20.8 Å². The lowest BCUT2D eigenvalue weighted by Crippen LogP contribution is -2.18. The normalized spacial score (nSPS) is 13.6. The van der Waals surface area contributed by atoms with Gasteiger partial charge in [0.1, 0.15) is 6.33 Å². The number of carbonyl (C=O) groups is 1. The Balaban J connectivity index is 2.38. The second-order valence-electron chi connectivity index (χ2n) is 3.00. The fourth-order valence-electron chi connectivity index (χ4n) is 1.46. The molecule has 1 aliphatic rings. The van der Waals surface area contributed by atoms with Gasteiger partial charge in [0.05, 0.1) is 16.8 Å². The summed E-state index contributed by atoms with van der Waals surface area (Å²) in [6.45, 7) is 0. The summed E-state index contributed by atoms with van der Waals surface area (Å²) in [7, 11) is 0. The molecule has 3 rings (SSSR count). The van der Waals surface area contributed by atoms with Crippen LogP contribution in [-0.2, 0) is 0 Å². The molecule has 1 aromatic carbocycles. The number of hydrogen-bond donors (Lipinski definition) is 1. The van der Waals surface area contributed by atoms with Crippen LogP contribution in [-0.4, -0.2) is 15.9 Å². The molecule has 0 aliphatic carbocycles. The van der Waals surface area contributed by atoms with E-state index in [1.165, 1.54) is 6.33 Å². The number of carbonyl (C=O) groups excluding carboxylic acids is 1. The average molecular weight is 185 g/mol. The van der Waals surface area contributed by atoms with Crippen molar-refractivity contribution in [1.82, 2.24) is 20.8 Å². The molecule has 2 aromatic rings. The lowest BCUT2D eigenvalue weighted by molar-refractivity contribution is 0.0957. The predicted molar refractivity (Wildman–Crippen MR) is 48.8 cm³/mol. The topological polar surface area (TPSA) is 69.0 Å². The molecule has 14 heavy (non-hydrogen) atoms. The van der Waals surface area contributed by atoms with Gasteiger partial charge in [-0.05, 0) is 12.1 Å². The molecule has 1 aromatic heterocycles. The molecule has 1 N–H and O–H groups in total. The van der Waals surface area contributed by atoms with E-state index in [0.29, 0.717) is 11.3 Å². The van der Waals surface area contributed by atoms with Crippen LogP contribution in [0.2, 0.25) is 0 Å². The van der Waals surface area contributed by atoms with Gasteiger partial charge < -0.3 is 0 Å². The molecule has 0 bridgehead atoms. The van der Waals surface area contributed by atoms with Crippen LogP contribution in [0.1, 0.15) is 10.4 Å². The van der Waals surface area contributed by atoms with Gasteiger partial charge in [-0.15, -0.1) is 0 Å². The first-order chi connectivity index (χ1) is 6.84. The summed E-state index contributed by atoms with van der Waals surface area (Å²) in [5.74, 6) is -0.180. The maximum Gasteiger partial charge on any atom is 0.273 e. The highest BCUT2D eigenvalue weighted by Crippen LogP contribution is 2.24. The molecule has 0 unspecified atom stereocenters. The van der Waals surface area contributed by atoms with E-state index >= 15 is 0 Å². The second-order valence-corrected chi connectivity index (χ2v) is 3.00. The largest absolute Gasteiger partial charge is 0.273 e. The van der Waals surface area contributed by atoms with Crippen LogP contribution in [0.4, 0.5) is 5.69 Å². The van der Waals surface area contributed by atoms with Crippen LogP contribution in [0, 0.1) is 0 Å². The Morgan fingerprint density at radius 3 is 3.14 bits per heavy atom. The van der Waals surface area contributed by atoms with Crippen molar-refractivity contribution in [2.45, 2.75) is 0 Å². The van der Waals surface area contributed by atoms with E-state index in [-0.39, 0.29) is 5.91 Å². The van der Waals surface area contributed by atoms with Crippen LogP contribution >= 0.6 is 0 Å². The van der Waals surface area contributed by atoms with Crippen molar-refractivity contribution in [3.8, 4) is 0 Å². The molecule has 5 heteroatoms. The molecule has 2 heterocycles. The number of hydrogen-bond acceptors (Lipinski definition) is 3. The monoisotopic (exact) mass is 185 g/mol. The highest BCUT2D eigenvalue weighted by atomic mass is 16.2. The molecule has 0 atom stereocenters. The van der Waals surface area contributed by atoms with Crippen LogP contribution < -0.4 is 10.9 Å². The number of amides is 1. The molecule has 67 valence electrons. The van der Waals surface area contributed by atoms with Gasteiger partial charge in [-0.3, -0.25) is 4.79 Å². The zero-order chi connectivity index (χ0) is 9.54. The summed E-state index contributed by atoms with van der Waals surface area (Å²) in [4.78, 5) is 19.2. The maximum atomic E-state index is 11.3. The second kappa shape index (κ2) is 2.41. The van der Waals surface area contributed by atoms with Gasteiger partial charge in [0.15, 0.2) is 0 Å². The van der Waals surface area contributed by atoms with Crippen molar-refractivity contribution >= 4 is 22.5 Å². The Morgan fingerprint density at radius 1 is 1.29 bits per heavy atom. The third-order valence-corrected chi connectivity index (χ3v) is 2.14.